The minimum Gasteiger partial charge on any atom is -0.409 e. The monoisotopic (exact) mass is 248 g/mol. The Balaban J connectivity index is 2.05. The molecule has 6 heteroatoms. The molecule has 1 atom stereocenters. The summed E-state index contributed by atoms with van der Waals surface area (Å²) in [7, 11) is 0. The highest BCUT2D eigenvalue weighted by atomic mass is 16.4. The van der Waals surface area contributed by atoms with E-state index in [1.54, 1.807) is 12.4 Å². The van der Waals surface area contributed by atoms with Crippen molar-refractivity contribution in [2.45, 2.75) is 25.8 Å². The first kappa shape index (κ1) is 12.3. The Morgan fingerprint density at radius 1 is 1.67 bits per heavy atom. The molecular weight excluding hydrogens is 232 g/mol. The summed E-state index contributed by atoms with van der Waals surface area (Å²) in [4.78, 5) is 16.1. The number of amidine groups is 1. The number of nitrogens with two attached hydrogens (primary N) is 1. The number of aromatic nitrogens is 1. The van der Waals surface area contributed by atoms with E-state index in [4.69, 9.17) is 10.9 Å². The normalized spacial score (nSPS) is 19.1. The molecule has 0 spiro atoms. The fourth-order valence-corrected chi connectivity index (χ4v) is 1.87. The zero-order valence-electron chi connectivity index (χ0n) is 10.1. The molecule has 0 aliphatic heterocycles. The van der Waals surface area contributed by atoms with E-state index >= 15 is 0 Å². The van der Waals surface area contributed by atoms with Crippen LogP contribution in [0.4, 0.5) is 0 Å². The van der Waals surface area contributed by atoms with E-state index in [1.807, 2.05) is 19.1 Å². The summed E-state index contributed by atoms with van der Waals surface area (Å²) in [5.74, 6) is -0.215. The standard InChI is InChI=1S/C12H16N4O2/c1-8(9-3-2-6-14-7-9)15-11(17)12(4-5-12)10(13)16-18/h2-3,6-8,18H,4-5H2,1H3,(H2,13,16)(H,15,17). The van der Waals surface area contributed by atoms with Gasteiger partial charge in [0.1, 0.15) is 5.41 Å². The van der Waals surface area contributed by atoms with Crippen molar-refractivity contribution in [3.63, 3.8) is 0 Å². The zero-order chi connectivity index (χ0) is 13.2. The quantitative estimate of drug-likeness (QED) is 0.317. The third-order valence-corrected chi connectivity index (χ3v) is 3.31. The van der Waals surface area contributed by atoms with Crippen LogP contribution < -0.4 is 11.1 Å². The smallest absolute Gasteiger partial charge is 0.234 e. The second-order valence-electron chi connectivity index (χ2n) is 4.55. The van der Waals surface area contributed by atoms with Gasteiger partial charge in [-0.15, -0.1) is 0 Å². The van der Waals surface area contributed by atoms with Crippen molar-refractivity contribution in [1.82, 2.24) is 10.3 Å². The fraction of sp³-hybridized carbons (Fsp3) is 0.417. The number of carbonyl (C=O) groups is 1. The van der Waals surface area contributed by atoms with Crippen LogP contribution in [-0.4, -0.2) is 21.9 Å². The molecule has 96 valence electrons. The van der Waals surface area contributed by atoms with E-state index in [2.05, 4.69) is 15.5 Å². The molecule has 2 rings (SSSR count). The van der Waals surface area contributed by atoms with Gasteiger partial charge in [0.05, 0.1) is 6.04 Å². The van der Waals surface area contributed by atoms with E-state index in [0.717, 1.165) is 5.56 Å². The highest BCUT2D eigenvalue weighted by Gasteiger charge is 2.54. The third kappa shape index (κ3) is 2.13. The number of pyridine rings is 1. The minimum atomic E-state index is -0.814. The first-order valence-corrected chi connectivity index (χ1v) is 5.79. The molecule has 1 aromatic rings. The van der Waals surface area contributed by atoms with E-state index in [9.17, 15) is 4.79 Å². The Hall–Kier alpha value is -2.11. The average molecular weight is 248 g/mol. The number of rotatable bonds is 4. The average Bonchev–Trinajstić information content (AvgIpc) is 3.20. The number of oxime groups is 1. The maximum atomic E-state index is 12.1. The first-order valence-electron chi connectivity index (χ1n) is 5.79. The van der Waals surface area contributed by atoms with Crippen molar-refractivity contribution in [3.05, 3.63) is 30.1 Å². The van der Waals surface area contributed by atoms with Gasteiger partial charge in [0.15, 0.2) is 5.84 Å². The molecule has 6 nitrogen and oxygen atoms in total. The molecular formula is C12H16N4O2. The van der Waals surface area contributed by atoms with Crippen LogP contribution in [-0.2, 0) is 4.79 Å². The van der Waals surface area contributed by atoms with Crippen molar-refractivity contribution in [2.24, 2.45) is 16.3 Å². The Morgan fingerprint density at radius 2 is 2.39 bits per heavy atom. The molecule has 0 bridgehead atoms. The van der Waals surface area contributed by atoms with Gasteiger partial charge in [-0.2, -0.15) is 0 Å². The number of carbonyl (C=O) groups excluding carboxylic acids is 1. The van der Waals surface area contributed by atoms with Gasteiger partial charge in [0.25, 0.3) is 0 Å². The fourth-order valence-electron chi connectivity index (χ4n) is 1.87. The number of hydrogen-bond acceptors (Lipinski definition) is 4. The highest BCUT2D eigenvalue weighted by Crippen LogP contribution is 2.46. The molecule has 1 saturated carbocycles. The molecule has 1 fully saturated rings. The molecule has 1 unspecified atom stereocenters. The van der Waals surface area contributed by atoms with Gasteiger partial charge in [-0.3, -0.25) is 9.78 Å². The SMILES string of the molecule is CC(NC(=O)C1(/C(N)=N/O)CC1)c1cccnc1. The lowest BCUT2D eigenvalue weighted by Crippen LogP contribution is -2.41. The molecule has 0 radical (unpaired) electrons. The zero-order valence-corrected chi connectivity index (χ0v) is 10.1. The molecule has 1 aromatic heterocycles. The molecule has 0 saturated heterocycles. The van der Waals surface area contributed by atoms with Gasteiger partial charge in [0.2, 0.25) is 5.91 Å². The summed E-state index contributed by atoms with van der Waals surface area (Å²) < 4.78 is 0. The van der Waals surface area contributed by atoms with Crippen molar-refractivity contribution in [3.8, 4) is 0 Å². The lowest BCUT2D eigenvalue weighted by Gasteiger charge is -2.18. The molecule has 1 aliphatic carbocycles. The topological polar surface area (TPSA) is 101 Å². The van der Waals surface area contributed by atoms with Crippen LogP contribution in [0.1, 0.15) is 31.4 Å². The van der Waals surface area contributed by atoms with Crippen molar-refractivity contribution >= 4 is 11.7 Å². The van der Waals surface area contributed by atoms with Crippen molar-refractivity contribution < 1.29 is 10.0 Å². The summed E-state index contributed by atoms with van der Waals surface area (Å²) in [5.41, 5.74) is 5.66. The predicted octanol–water partition coefficient (Wildman–Crippen LogP) is 0.785. The Kier molecular flexibility index (Phi) is 3.18. The second-order valence-corrected chi connectivity index (χ2v) is 4.55. The van der Waals surface area contributed by atoms with Gasteiger partial charge in [-0.25, -0.2) is 0 Å². The van der Waals surface area contributed by atoms with Crippen LogP contribution >= 0.6 is 0 Å². The Morgan fingerprint density at radius 3 is 2.89 bits per heavy atom. The van der Waals surface area contributed by atoms with Gasteiger partial charge in [-0.1, -0.05) is 11.2 Å². The molecule has 18 heavy (non-hydrogen) atoms. The summed E-state index contributed by atoms with van der Waals surface area (Å²) in [5, 5.41) is 14.5. The third-order valence-electron chi connectivity index (χ3n) is 3.31. The summed E-state index contributed by atoms with van der Waals surface area (Å²) in [6.45, 7) is 1.87. The Bertz CT molecular complexity index is 468. The van der Waals surface area contributed by atoms with Crippen LogP contribution in [0.5, 0.6) is 0 Å². The van der Waals surface area contributed by atoms with Crippen molar-refractivity contribution in [1.29, 1.82) is 0 Å². The lowest BCUT2D eigenvalue weighted by atomic mass is 10.0. The maximum Gasteiger partial charge on any atom is 0.234 e. The predicted molar refractivity (Wildman–Crippen MR) is 65.9 cm³/mol. The lowest BCUT2D eigenvalue weighted by molar-refractivity contribution is -0.124. The summed E-state index contributed by atoms with van der Waals surface area (Å²) in [6.07, 6.45) is 4.62. The Labute approximate surface area is 105 Å². The minimum absolute atomic E-state index is 0.0154. The van der Waals surface area contributed by atoms with Crippen molar-refractivity contribution in [2.75, 3.05) is 0 Å². The number of hydrogen-bond donors (Lipinski definition) is 3. The number of amides is 1. The molecule has 1 heterocycles. The highest BCUT2D eigenvalue weighted by molar-refractivity contribution is 6.09. The van der Waals surface area contributed by atoms with Gasteiger partial charge in [0, 0.05) is 12.4 Å². The molecule has 4 N–H and O–H groups in total. The van der Waals surface area contributed by atoms with Crippen LogP contribution in [0.3, 0.4) is 0 Å². The number of nitrogens with zero attached hydrogens (tertiary/aromatic N) is 2. The van der Waals surface area contributed by atoms with E-state index < -0.39 is 5.41 Å². The van der Waals surface area contributed by atoms with Crippen LogP contribution in [0.2, 0.25) is 0 Å². The van der Waals surface area contributed by atoms with E-state index in [-0.39, 0.29) is 17.8 Å². The van der Waals surface area contributed by atoms with E-state index in [0.29, 0.717) is 12.8 Å². The second kappa shape index (κ2) is 4.64. The van der Waals surface area contributed by atoms with Crippen LogP contribution in [0, 0.1) is 5.41 Å². The van der Waals surface area contributed by atoms with E-state index in [1.165, 1.54) is 0 Å². The van der Waals surface area contributed by atoms with Gasteiger partial charge in [-0.05, 0) is 31.4 Å². The summed E-state index contributed by atoms with van der Waals surface area (Å²) in [6, 6.07) is 3.55. The first-order chi connectivity index (χ1) is 8.60. The maximum absolute atomic E-state index is 12.1. The molecule has 0 aromatic carbocycles. The molecule has 1 amide bonds. The van der Waals surface area contributed by atoms with Gasteiger partial charge >= 0.3 is 0 Å². The summed E-state index contributed by atoms with van der Waals surface area (Å²) >= 11 is 0. The van der Waals surface area contributed by atoms with Gasteiger partial charge < -0.3 is 16.3 Å². The van der Waals surface area contributed by atoms with Crippen LogP contribution in [0.15, 0.2) is 29.7 Å². The van der Waals surface area contributed by atoms with Crippen LogP contribution in [0.25, 0.3) is 0 Å². The largest absolute Gasteiger partial charge is 0.409 e. The molecule has 1 aliphatic rings. The number of nitrogens with one attached hydrogen (secondary N) is 1.